The van der Waals surface area contributed by atoms with Gasteiger partial charge in [0, 0.05) is 32.3 Å². The average Bonchev–Trinajstić information content (AvgIpc) is 2.79. The monoisotopic (exact) mass is 281 g/mol. The summed E-state index contributed by atoms with van der Waals surface area (Å²) in [6, 6.07) is 0.0268. The maximum atomic E-state index is 12.6. The number of aromatic nitrogens is 2. The molecule has 0 unspecified atom stereocenters. The molecule has 1 rings (SSSR count). The molecule has 0 aliphatic rings. The number of nitrogens with two attached hydrogens (primary N) is 1. The highest BCUT2D eigenvalue weighted by Gasteiger charge is 2.23. The lowest BCUT2D eigenvalue weighted by molar-refractivity contribution is 0.0710. The first-order valence-electron chi connectivity index (χ1n) is 6.70. The van der Waals surface area contributed by atoms with Crippen molar-refractivity contribution in [3.8, 4) is 0 Å². The summed E-state index contributed by atoms with van der Waals surface area (Å²) in [6.07, 6.45) is 2.77. The van der Waals surface area contributed by atoms with Crippen LogP contribution in [0.5, 0.6) is 0 Å². The van der Waals surface area contributed by atoms with Gasteiger partial charge in [-0.15, -0.1) is 0 Å². The first-order valence-corrected chi connectivity index (χ1v) is 6.70. The first kappa shape index (κ1) is 16.0. The molecule has 1 amide bonds. The Bertz CT molecular complexity index is 493. The Morgan fingerprint density at radius 1 is 1.60 bits per heavy atom. The lowest BCUT2D eigenvalue weighted by atomic mass is 10.1. The van der Waals surface area contributed by atoms with Crippen LogP contribution in [0.4, 0.5) is 0 Å². The van der Waals surface area contributed by atoms with Crippen molar-refractivity contribution in [3.05, 3.63) is 17.5 Å². The Balaban J connectivity index is 2.93. The van der Waals surface area contributed by atoms with Crippen molar-refractivity contribution >= 4 is 11.7 Å². The number of hydrogen-bond donors (Lipinski definition) is 2. The predicted octanol–water partition coefficient (Wildman–Crippen LogP) is 0.970. The number of amidine groups is 1. The molecule has 1 heterocycles. The van der Waals surface area contributed by atoms with Crippen LogP contribution in [0.3, 0.4) is 0 Å². The molecule has 0 bridgehead atoms. The summed E-state index contributed by atoms with van der Waals surface area (Å²) < 4.78 is 1.65. The summed E-state index contributed by atoms with van der Waals surface area (Å²) in [7, 11) is 1.80. The van der Waals surface area contributed by atoms with Crippen LogP contribution in [0.2, 0.25) is 0 Å². The Morgan fingerprint density at radius 3 is 2.75 bits per heavy atom. The van der Waals surface area contributed by atoms with Crippen molar-refractivity contribution in [2.45, 2.75) is 39.7 Å². The minimum Gasteiger partial charge on any atom is -0.409 e. The smallest absolute Gasteiger partial charge is 0.257 e. The fourth-order valence-electron chi connectivity index (χ4n) is 2.01. The van der Waals surface area contributed by atoms with E-state index in [0.29, 0.717) is 24.9 Å². The number of carbonyl (C=O) groups is 1. The molecule has 7 nitrogen and oxygen atoms in total. The summed E-state index contributed by atoms with van der Waals surface area (Å²) in [5.41, 5.74) is 6.86. The summed E-state index contributed by atoms with van der Waals surface area (Å²) in [4.78, 5) is 14.3. The molecule has 0 saturated carbocycles. The van der Waals surface area contributed by atoms with Gasteiger partial charge < -0.3 is 15.8 Å². The molecule has 7 heteroatoms. The van der Waals surface area contributed by atoms with Crippen molar-refractivity contribution in [3.63, 3.8) is 0 Å². The number of aryl methyl sites for hydroxylation is 2. The minimum absolute atomic E-state index is 0.0268. The van der Waals surface area contributed by atoms with Gasteiger partial charge in [0.2, 0.25) is 0 Å². The lowest BCUT2D eigenvalue weighted by Crippen LogP contribution is -2.39. The molecule has 0 atom stereocenters. The number of carbonyl (C=O) groups excluding carboxylic acids is 1. The predicted molar refractivity (Wildman–Crippen MR) is 76.8 cm³/mol. The van der Waals surface area contributed by atoms with E-state index in [0.717, 1.165) is 5.69 Å². The van der Waals surface area contributed by atoms with E-state index < -0.39 is 0 Å². The fourth-order valence-corrected chi connectivity index (χ4v) is 2.01. The van der Waals surface area contributed by atoms with Gasteiger partial charge in [0.15, 0.2) is 0 Å². The van der Waals surface area contributed by atoms with E-state index in [2.05, 4.69) is 10.3 Å². The maximum absolute atomic E-state index is 12.6. The molecule has 0 radical (unpaired) electrons. The fraction of sp³-hybridized carbons (Fsp3) is 0.615. The van der Waals surface area contributed by atoms with E-state index in [1.165, 1.54) is 0 Å². The summed E-state index contributed by atoms with van der Waals surface area (Å²) in [5.74, 6) is 0.0426. The topological polar surface area (TPSA) is 96.7 Å². The van der Waals surface area contributed by atoms with Crippen LogP contribution in [-0.4, -0.2) is 44.2 Å². The molecule has 1 aromatic rings. The van der Waals surface area contributed by atoms with Crippen molar-refractivity contribution in [2.75, 3.05) is 6.54 Å². The van der Waals surface area contributed by atoms with E-state index in [1.807, 2.05) is 20.8 Å². The second-order valence-electron chi connectivity index (χ2n) is 4.95. The molecule has 0 aliphatic heterocycles. The van der Waals surface area contributed by atoms with E-state index in [4.69, 9.17) is 10.9 Å². The van der Waals surface area contributed by atoms with Crippen LogP contribution >= 0.6 is 0 Å². The van der Waals surface area contributed by atoms with Gasteiger partial charge in [0.25, 0.3) is 5.91 Å². The summed E-state index contributed by atoms with van der Waals surface area (Å²) in [5, 5.41) is 15.8. The standard InChI is InChI=1S/C13H23N5O2/c1-5-11-10(8-17(4)15-11)13(19)18(9(2)3)7-6-12(14)16-20/h8-9,20H,5-7H2,1-4H3,(H2,14,16). The van der Waals surface area contributed by atoms with Gasteiger partial charge in [-0.2, -0.15) is 5.10 Å². The molecule has 0 spiro atoms. The minimum atomic E-state index is -0.0734. The van der Waals surface area contributed by atoms with Crippen molar-refractivity contribution < 1.29 is 10.0 Å². The zero-order chi connectivity index (χ0) is 15.3. The maximum Gasteiger partial charge on any atom is 0.257 e. The third-order valence-corrected chi connectivity index (χ3v) is 3.09. The molecule has 20 heavy (non-hydrogen) atoms. The highest BCUT2D eigenvalue weighted by Crippen LogP contribution is 2.13. The van der Waals surface area contributed by atoms with Gasteiger partial charge in [0.05, 0.1) is 11.3 Å². The van der Waals surface area contributed by atoms with Gasteiger partial charge in [-0.05, 0) is 20.3 Å². The third-order valence-electron chi connectivity index (χ3n) is 3.09. The highest BCUT2D eigenvalue weighted by atomic mass is 16.4. The quantitative estimate of drug-likeness (QED) is 0.351. The molecular formula is C13H23N5O2. The molecule has 0 aliphatic carbocycles. The van der Waals surface area contributed by atoms with E-state index in [1.54, 1.807) is 22.8 Å². The Morgan fingerprint density at radius 2 is 2.25 bits per heavy atom. The van der Waals surface area contributed by atoms with Gasteiger partial charge in [0.1, 0.15) is 5.84 Å². The third kappa shape index (κ3) is 3.72. The Kier molecular flexibility index (Phi) is 5.54. The van der Waals surface area contributed by atoms with Gasteiger partial charge in [-0.3, -0.25) is 9.48 Å². The van der Waals surface area contributed by atoms with Crippen molar-refractivity contribution in [1.29, 1.82) is 0 Å². The van der Waals surface area contributed by atoms with Crippen molar-refractivity contribution in [2.24, 2.45) is 17.9 Å². The van der Waals surface area contributed by atoms with Crippen LogP contribution in [0.1, 0.15) is 43.2 Å². The summed E-state index contributed by atoms with van der Waals surface area (Å²) >= 11 is 0. The molecule has 112 valence electrons. The number of oxime groups is 1. The molecule has 0 saturated heterocycles. The SMILES string of the molecule is CCc1nn(C)cc1C(=O)N(CC/C(N)=N/O)C(C)C. The van der Waals surface area contributed by atoms with Gasteiger partial charge in [-0.1, -0.05) is 12.1 Å². The molecule has 3 N–H and O–H groups in total. The number of hydrogen-bond acceptors (Lipinski definition) is 4. The zero-order valence-electron chi connectivity index (χ0n) is 12.5. The largest absolute Gasteiger partial charge is 0.409 e. The summed E-state index contributed by atoms with van der Waals surface area (Å²) in [6.45, 7) is 6.25. The lowest BCUT2D eigenvalue weighted by Gasteiger charge is -2.26. The van der Waals surface area contributed by atoms with Gasteiger partial charge >= 0.3 is 0 Å². The number of nitrogens with zero attached hydrogens (tertiary/aromatic N) is 4. The molecular weight excluding hydrogens is 258 g/mol. The van der Waals surface area contributed by atoms with Crippen LogP contribution < -0.4 is 5.73 Å². The first-order chi connectivity index (χ1) is 9.40. The second-order valence-corrected chi connectivity index (χ2v) is 4.95. The Labute approximate surface area is 119 Å². The molecule has 0 aromatic carbocycles. The number of amides is 1. The number of rotatable bonds is 6. The van der Waals surface area contributed by atoms with Crippen LogP contribution in [0.15, 0.2) is 11.4 Å². The van der Waals surface area contributed by atoms with E-state index >= 15 is 0 Å². The van der Waals surface area contributed by atoms with Crippen LogP contribution in [0, 0.1) is 0 Å². The van der Waals surface area contributed by atoms with Crippen molar-refractivity contribution in [1.82, 2.24) is 14.7 Å². The van der Waals surface area contributed by atoms with E-state index in [9.17, 15) is 4.79 Å². The normalized spacial score (nSPS) is 11.9. The molecule has 0 fully saturated rings. The van der Waals surface area contributed by atoms with E-state index in [-0.39, 0.29) is 17.8 Å². The highest BCUT2D eigenvalue weighted by molar-refractivity contribution is 5.95. The second kappa shape index (κ2) is 6.93. The van der Waals surface area contributed by atoms with Gasteiger partial charge in [-0.25, -0.2) is 0 Å². The molecule has 1 aromatic heterocycles. The van der Waals surface area contributed by atoms with Crippen LogP contribution in [0.25, 0.3) is 0 Å². The average molecular weight is 281 g/mol. The Hall–Kier alpha value is -2.05. The van der Waals surface area contributed by atoms with Crippen LogP contribution in [-0.2, 0) is 13.5 Å². The zero-order valence-corrected chi connectivity index (χ0v) is 12.5.